The van der Waals surface area contributed by atoms with Gasteiger partial charge in [-0.05, 0) is 219 Å². The van der Waals surface area contributed by atoms with Gasteiger partial charge in [0.2, 0.25) is 0 Å². The van der Waals surface area contributed by atoms with E-state index in [0.717, 1.165) is 66.8 Å². The van der Waals surface area contributed by atoms with Crippen LogP contribution in [0, 0.1) is 38.5 Å². The summed E-state index contributed by atoms with van der Waals surface area (Å²) in [6.45, 7) is 8.76. The predicted octanol–water partition coefficient (Wildman–Crippen LogP) is 19.0. The number of nitrogens with one attached hydrogen (secondary N) is 2. The Morgan fingerprint density at radius 1 is 0.208 bits per heavy atom. The lowest BCUT2D eigenvalue weighted by molar-refractivity contribution is 1.37. The molecule has 2 N–H and O–H groups in total. The van der Waals surface area contributed by atoms with E-state index in [-0.39, 0.29) is 11.4 Å². The Hall–Kier alpha value is -8.98. The first-order valence-corrected chi connectivity index (χ1v) is 24.9. The molecular formula is C70H50N2. The van der Waals surface area contributed by atoms with Gasteiger partial charge in [-0.1, -0.05) is 170 Å². The smallest absolute Gasteiger partial charge is 0.0874 e. The van der Waals surface area contributed by atoms with Crippen LogP contribution in [0.5, 0.6) is 0 Å². The van der Waals surface area contributed by atoms with Gasteiger partial charge < -0.3 is 0 Å². The van der Waals surface area contributed by atoms with Crippen LogP contribution < -0.4 is 0 Å². The maximum Gasteiger partial charge on any atom is 0.0874 e. The van der Waals surface area contributed by atoms with Crippen molar-refractivity contribution in [1.82, 2.24) is 0 Å². The molecule has 0 saturated heterocycles. The van der Waals surface area contributed by atoms with Crippen LogP contribution in [0.3, 0.4) is 0 Å². The molecule has 0 unspecified atom stereocenters. The van der Waals surface area contributed by atoms with Crippen molar-refractivity contribution in [2.24, 2.45) is 0 Å². The van der Waals surface area contributed by atoms with E-state index in [1.165, 1.54) is 87.6 Å². The number of aryl methyl sites for hydroxylation is 4. The van der Waals surface area contributed by atoms with E-state index in [2.05, 4.69) is 234 Å². The third kappa shape index (κ3) is 7.34. The minimum atomic E-state index is 0.251. The molecule has 340 valence electrons. The van der Waals surface area contributed by atoms with Gasteiger partial charge in [0, 0.05) is 11.1 Å². The highest BCUT2D eigenvalue weighted by Crippen LogP contribution is 2.41. The molecule has 0 aromatic heterocycles. The first-order valence-electron chi connectivity index (χ1n) is 24.9. The van der Waals surface area contributed by atoms with Gasteiger partial charge in [-0.15, -0.1) is 0 Å². The van der Waals surface area contributed by atoms with Gasteiger partial charge in [-0.3, -0.25) is 10.8 Å². The molecule has 2 nitrogen and oxygen atoms in total. The standard InChI is InChI=1S/C70H50N2/c1-41-29-59-23-19-45-17-21-55(37-65(45)63(59)31-43(41)3)51-13-5-9-47(33-51)49-11-7-15-53(35-49)57-25-27-61-67(39-57)68-40-58(26-28-62(68)70(72)69(61)71)54-16-8-12-50(36-54)48-10-6-14-52(34-48)56-22-18-46-20-24-60-30-42(2)44(4)32-64(60)66(46)38-56/h5-40,71-72H,1-4H3. The molecule has 13 rings (SSSR count). The van der Waals surface area contributed by atoms with Crippen molar-refractivity contribution >= 4 is 54.5 Å². The second-order valence-corrected chi connectivity index (χ2v) is 19.9. The summed E-state index contributed by atoms with van der Waals surface area (Å²) >= 11 is 0. The molecule has 12 aromatic carbocycles. The van der Waals surface area contributed by atoms with Crippen molar-refractivity contribution in [3.8, 4) is 77.9 Å². The minimum absolute atomic E-state index is 0.251. The van der Waals surface area contributed by atoms with Crippen LogP contribution in [0.15, 0.2) is 218 Å². The van der Waals surface area contributed by atoms with Crippen LogP contribution in [-0.4, -0.2) is 11.4 Å². The van der Waals surface area contributed by atoms with Crippen molar-refractivity contribution in [3.63, 3.8) is 0 Å². The van der Waals surface area contributed by atoms with Crippen LogP contribution in [0.25, 0.3) is 121 Å². The van der Waals surface area contributed by atoms with Gasteiger partial charge >= 0.3 is 0 Å². The molecule has 0 radical (unpaired) electrons. The molecular weight excluding hydrogens is 869 g/mol. The average Bonchev–Trinajstić information content (AvgIpc) is 3.42. The van der Waals surface area contributed by atoms with E-state index in [1.54, 1.807) is 0 Å². The molecule has 2 heteroatoms. The lowest BCUT2D eigenvalue weighted by atomic mass is 9.80. The summed E-state index contributed by atoms with van der Waals surface area (Å²) < 4.78 is 0. The Kier molecular flexibility index (Phi) is 10.1. The van der Waals surface area contributed by atoms with Crippen molar-refractivity contribution in [2.45, 2.75) is 27.7 Å². The highest BCUT2D eigenvalue weighted by atomic mass is 14.6. The fraction of sp³-hybridized carbons (Fsp3) is 0.0571. The normalized spacial score (nSPS) is 12.2. The Bertz CT molecular complexity index is 4020. The van der Waals surface area contributed by atoms with E-state index < -0.39 is 0 Å². The van der Waals surface area contributed by atoms with Gasteiger partial charge in [0.05, 0.1) is 11.4 Å². The van der Waals surface area contributed by atoms with Crippen molar-refractivity contribution in [2.75, 3.05) is 0 Å². The first-order chi connectivity index (χ1) is 35.1. The summed E-state index contributed by atoms with van der Waals surface area (Å²) in [7, 11) is 0. The van der Waals surface area contributed by atoms with Crippen molar-refractivity contribution < 1.29 is 0 Å². The zero-order chi connectivity index (χ0) is 48.8. The number of fused-ring (bicyclic) bond motifs is 9. The van der Waals surface area contributed by atoms with Crippen LogP contribution in [0.1, 0.15) is 33.4 Å². The second kappa shape index (κ2) is 16.9. The fourth-order valence-electron chi connectivity index (χ4n) is 11.1. The van der Waals surface area contributed by atoms with Gasteiger partial charge in [0.15, 0.2) is 0 Å². The topological polar surface area (TPSA) is 47.7 Å². The lowest BCUT2D eigenvalue weighted by Crippen LogP contribution is -2.21. The minimum Gasteiger partial charge on any atom is -0.298 e. The first kappa shape index (κ1) is 43.1. The van der Waals surface area contributed by atoms with Gasteiger partial charge in [0.25, 0.3) is 0 Å². The largest absolute Gasteiger partial charge is 0.298 e. The van der Waals surface area contributed by atoms with E-state index >= 15 is 0 Å². The summed E-state index contributed by atoms with van der Waals surface area (Å²) in [6, 6.07) is 79.9. The molecule has 1 aliphatic carbocycles. The highest BCUT2D eigenvalue weighted by molar-refractivity contribution is 6.55. The third-order valence-corrected chi connectivity index (χ3v) is 15.5. The number of rotatable bonds is 6. The van der Waals surface area contributed by atoms with E-state index in [4.69, 9.17) is 10.8 Å². The van der Waals surface area contributed by atoms with Crippen LogP contribution in [-0.2, 0) is 0 Å². The molecule has 0 fully saturated rings. The third-order valence-electron chi connectivity index (χ3n) is 15.5. The summed E-state index contributed by atoms with van der Waals surface area (Å²) in [5.74, 6) is 0. The molecule has 0 bridgehead atoms. The number of hydrogen-bond acceptors (Lipinski definition) is 2. The molecule has 0 aliphatic heterocycles. The molecule has 0 saturated carbocycles. The molecule has 12 aromatic rings. The second-order valence-electron chi connectivity index (χ2n) is 19.9. The SMILES string of the molecule is Cc1cc2ccc3ccc(-c4cccc(-c5cccc(-c6ccc7c(c6)-c6cc(-c8cccc(-c9cccc(-c%10ccc%11ccc%12cc(C)c(C)cc%12c%11c%10)c9)c8)ccc6C(=N)C7=N)c5)c4)cc3c2cc1C. The molecule has 1 aliphatic rings. The van der Waals surface area contributed by atoms with E-state index in [9.17, 15) is 0 Å². The van der Waals surface area contributed by atoms with E-state index in [1.807, 2.05) is 12.1 Å². The number of benzene rings is 12. The number of hydrogen-bond donors (Lipinski definition) is 2. The maximum atomic E-state index is 9.11. The van der Waals surface area contributed by atoms with Crippen LogP contribution in [0.4, 0.5) is 0 Å². The molecule has 72 heavy (non-hydrogen) atoms. The van der Waals surface area contributed by atoms with Crippen molar-refractivity contribution in [1.29, 1.82) is 10.8 Å². The summed E-state index contributed by atoms with van der Waals surface area (Å²) in [5.41, 5.74) is 23.0. The molecule has 0 spiro atoms. The summed E-state index contributed by atoms with van der Waals surface area (Å²) in [6.07, 6.45) is 0. The Balaban J connectivity index is 0.821. The van der Waals surface area contributed by atoms with Crippen LogP contribution >= 0.6 is 0 Å². The Morgan fingerprint density at radius 2 is 0.458 bits per heavy atom. The Labute approximate surface area is 420 Å². The average molecular weight is 919 g/mol. The molecule has 0 atom stereocenters. The summed E-state index contributed by atoms with van der Waals surface area (Å²) in [5, 5.41) is 28.4. The van der Waals surface area contributed by atoms with Crippen LogP contribution in [0.2, 0.25) is 0 Å². The lowest BCUT2D eigenvalue weighted by Gasteiger charge is -2.23. The van der Waals surface area contributed by atoms with E-state index in [0.29, 0.717) is 0 Å². The quantitative estimate of drug-likeness (QED) is 0.156. The predicted molar refractivity (Wildman–Crippen MR) is 307 cm³/mol. The Morgan fingerprint density at radius 3 is 0.806 bits per heavy atom. The van der Waals surface area contributed by atoms with Gasteiger partial charge in [-0.25, -0.2) is 0 Å². The fourth-order valence-corrected chi connectivity index (χ4v) is 11.1. The maximum absolute atomic E-state index is 9.11. The zero-order valence-electron chi connectivity index (χ0n) is 40.8. The van der Waals surface area contributed by atoms with Gasteiger partial charge in [0.1, 0.15) is 0 Å². The zero-order valence-corrected chi connectivity index (χ0v) is 40.8. The highest BCUT2D eigenvalue weighted by Gasteiger charge is 2.26. The van der Waals surface area contributed by atoms with Crippen molar-refractivity contribution in [3.05, 3.63) is 252 Å². The molecule has 0 amide bonds. The van der Waals surface area contributed by atoms with Gasteiger partial charge in [-0.2, -0.15) is 0 Å². The monoisotopic (exact) mass is 918 g/mol. The summed E-state index contributed by atoms with van der Waals surface area (Å²) in [4.78, 5) is 0. The molecule has 0 heterocycles.